The lowest BCUT2D eigenvalue weighted by molar-refractivity contribution is 0.274. The molecule has 0 aliphatic carbocycles. The van der Waals surface area contributed by atoms with E-state index in [2.05, 4.69) is 57.5 Å². The SMILES string of the molecule is CCCCN1CC(C)COc2cc3ncnc(Nc4ccc(OC5=CCNC=C5)c(C)c4)c3cc21. The van der Waals surface area contributed by atoms with E-state index in [4.69, 9.17) is 9.47 Å². The number of benzene rings is 2. The minimum Gasteiger partial charge on any atom is -0.491 e. The number of ether oxygens (including phenoxy) is 2. The maximum absolute atomic E-state index is 6.18. The van der Waals surface area contributed by atoms with Crippen LogP contribution in [-0.2, 0) is 0 Å². The Morgan fingerprint density at radius 2 is 2.14 bits per heavy atom. The summed E-state index contributed by atoms with van der Waals surface area (Å²) in [6.45, 7) is 10.0. The molecule has 2 aromatic carbocycles. The molecule has 0 saturated carbocycles. The molecule has 3 aromatic rings. The second kappa shape index (κ2) is 10.3. The van der Waals surface area contributed by atoms with Crippen LogP contribution in [0.15, 0.2) is 60.8 Å². The van der Waals surface area contributed by atoms with Crippen LogP contribution < -0.4 is 25.0 Å². The number of unbranched alkanes of at least 4 members (excludes halogenated alkanes) is 1. The van der Waals surface area contributed by atoms with Crippen molar-refractivity contribution in [3.8, 4) is 11.5 Å². The zero-order valence-electron chi connectivity index (χ0n) is 20.7. The van der Waals surface area contributed by atoms with Crippen molar-refractivity contribution in [2.75, 3.05) is 36.5 Å². The van der Waals surface area contributed by atoms with Crippen LogP contribution in [0.1, 0.15) is 32.3 Å². The molecule has 2 aliphatic rings. The number of aryl methyl sites for hydroxylation is 1. The Morgan fingerprint density at radius 1 is 1.23 bits per heavy atom. The summed E-state index contributed by atoms with van der Waals surface area (Å²) >= 11 is 0. The predicted molar refractivity (Wildman–Crippen MR) is 142 cm³/mol. The highest BCUT2D eigenvalue weighted by molar-refractivity contribution is 5.95. The number of aromatic nitrogens is 2. The van der Waals surface area contributed by atoms with Gasteiger partial charge in [-0.05, 0) is 55.3 Å². The number of hydrogen-bond donors (Lipinski definition) is 2. The molecule has 5 rings (SSSR count). The lowest BCUT2D eigenvalue weighted by Gasteiger charge is -2.25. The summed E-state index contributed by atoms with van der Waals surface area (Å²) in [5, 5.41) is 7.62. The minimum atomic E-state index is 0.464. The van der Waals surface area contributed by atoms with Crippen molar-refractivity contribution < 1.29 is 9.47 Å². The molecule has 2 N–H and O–H groups in total. The Kier molecular flexibility index (Phi) is 6.75. The fraction of sp³-hybridized carbons (Fsp3) is 0.357. The number of nitrogens with zero attached hydrogens (tertiary/aromatic N) is 3. The van der Waals surface area contributed by atoms with Crippen molar-refractivity contribution in [1.29, 1.82) is 0 Å². The largest absolute Gasteiger partial charge is 0.491 e. The summed E-state index contributed by atoms with van der Waals surface area (Å²) in [4.78, 5) is 11.6. The fourth-order valence-electron chi connectivity index (χ4n) is 4.47. The summed E-state index contributed by atoms with van der Waals surface area (Å²) in [5.41, 5.74) is 3.99. The van der Waals surface area contributed by atoms with Crippen molar-refractivity contribution in [2.24, 2.45) is 5.92 Å². The van der Waals surface area contributed by atoms with Gasteiger partial charge in [-0.2, -0.15) is 0 Å². The quantitative estimate of drug-likeness (QED) is 0.458. The Bertz CT molecular complexity index is 1270. The van der Waals surface area contributed by atoms with Gasteiger partial charge in [-0.1, -0.05) is 20.3 Å². The van der Waals surface area contributed by atoms with Gasteiger partial charge < -0.3 is 25.0 Å². The van der Waals surface area contributed by atoms with Gasteiger partial charge in [0, 0.05) is 48.9 Å². The van der Waals surface area contributed by atoms with Gasteiger partial charge in [-0.15, -0.1) is 0 Å². The van der Waals surface area contributed by atoms with Crippen LogP contribution in [0.5, 0.6) is 11.5 Å². The number of rotatable bonds is 7. The molecular formula is C28H33N5O2. The lowest BCUT2D eigenvalue weighted by Crippen LogP contribution is -2.29. The van der Waals surface area contributed by atoms with Gasteiger partial charge in [-0.3, -0.25) is 0 Å². The molecule has 0 radical (unpaired) electrons. The minimum absolute atomic E-state index is 0.464. The number of nitrogens with one attached hydrogen (secondary N) is 2. The highest BCUT2D eigenvalue weighted by atomic mass is 16.5. The first-order valence-corrected chi connectivity index (χ1v) is 12.4. The van der Waals surface area contributed by atoms with E-state index < -0.39 is 0 Å². The van der Waals surface area contributed by atoms with Crippen molar-refractivity contribution >= 4 is 28.1 Å². The monoisotopic (exact) mass is 471 g/mol. The first-order valence-electron chi connectivity index (χ1n) is 12.4. The van der Waals surface area contributed by atoms with Crippen molar-refractivity contribution in [3.05, 3.63) is 66.3 Å². The van der Waals surface area contributed by atoms with Crippen LogP contribution in [0.25, 0.3) is 10.9 Å². The van der Waals surface area contributed by atoms with Crippen LogP contribution in [0.4, 0.5) is 17.2 Å². The Hall–Kier alpha value is -3.74. The highest BCUT2D eigenvalue weighted by Gasteiger charge is 2.22. The smallest absolute Gasteiger partial charge is 0.144 e. The average Bonchev–Trinajstić information content (AvgIpc) is 3.02. The van der Waals surface area contributed by atoms with Gasteiger partial charge in [0.25, 0.3) is 0 Å². The molecule has 3 heterocycles. The molecule has 2 aliphatic heterocycles. The summed E-state index contributed by atoms with van der Waals surface area (Å²) in [7, 11) is 0. The zero-order valence-corrected chi connectivity index (χ0v) is 20.7. The molecule has 1 aromatic heterocycles. The maximum atomic E-state index is 6.18. The number of anilines is 3. The number of hydrogen-bond acceptors (Lipinski definition) is 7. The van der Waals surface area contributed by atoms with Crippen LogP contribution in [-0.4, -0.2) is 36.2 Å². The van der Waals surface area contributed by atoms with Crippen molar-refractivity contribution in [3.63, 3.8) is 0 Å². The third-order valence-corrected chi connectivity index (χ3v) is 6.35. The first-order chi connectivity index (χ1) is 17.1. The van der Waals surface area contributed by atoms with Gasteiger partial charge in [-0.25, -0.2) is 9.97 Å². The van der Waals surface area contributed by atoms with Crippen LogP contribution in [0.3, 0.4) is 0 Å². The normalized spacial score (nSPS) is 17.2. The van der Waals surface area contributed by atoms with E-state index in [-0.39, 0.29) is 0 Å². The topological polar surface area (TPSA) is 71.5 Å². The van der Waals surface area contributed by atoms with E-state index in [0.29, 0.717) is 12.5 Å². The highest BCUT2D eigenvalue weighted by Crippen LogP contribution is 2.38. The lowest BCUT2D eigenvalue weighted by atomic mass is 10.1. The number of allylic oxidation sites excluding steroid dienone is 1. The van der Waals surface area contributed by atoms with Gasteiger partial charge >= 0.3 is 0 Å². The summed E-state index contributed by atoms with van der Waals surface area (Å²) in [6, 6.07) is 10.3. The molecule has 1 unspecified atom stereocenters. The van der Waals surface area contributed by atoms with E-state index in [9.17, 15) is 0 Å². The summed E-state index contributed by atoms with van der Waals surface area (Å²) < 4.78 is 12.2. The third kappa shape index (κ3) is 5.19. The van der Waals surface area contributed by atoms with Gasteiger partial charge in [0.05, 0.1) is 17.8 Å². The molecule has 1 atom stereocenters. The molecular weight excluding hydrogens is 438 g/mol. The van der Waals surface area contributed by atoms with Crippen LogP contribution in [0, 0.1) is 12.8 Å². The molecule has 0 fully saturated rings. The van der Waals surface area contributed by atoms with Gasteiger partial charge in [0.1, 0.15) is 29.4 Å². The Labute approximate surface area is 206 Å². The van der Waals surface area contributed by atoms with Crippen molar-refractivity contribution in [2.45, 2.75) is 33.6 Å². The second-order valence-electron chi connectivity index (χ2n) is 9.33. The molecule has 0 spiro atoms. The maximum Gasteiger partial charge on any atom is 0.144 e. The Morgan fingerprint density at radius 3 is 2.94 bits per heavy atom. The summed E-state index contributed by atoms with van der Waals surface area (Å²) in [6.07, 6.45) is 9.77. The predicted octanol–water partition coefficient (Wildman–Crippen LogP) is 5.70. The number of fused-ring (bicyclic) bond motifs is 2. The molecule has 0 amide bonds. The van der Waals surface area contributed by atoms with E-state index >= 15 is 0 Å². The Balaban J connectivity index is 1.44. The first kappa shape index (κ1) is 23.0. The average molecular weight is 472 g/mol. The van der Waals surface area contributed by atoms with Gasteiger partial charge in [0.15, 0.2) is 0 Å². The molecule has 182 valence electrons. The molecule has 35 heavy (non-hydrogen) atoms. The van der Waals surface area contributed by atoms with Crippen LogP contribution >= 0.6 is 0 Å². The van der Waals surface area contributed by atoms with Crippen LogP contribution in [0.2, 0.25) is 0 Å². The molecule has 7 heteroatoms. The van der Waals surface area contributed by atoms with E-state index in [1.54, 1.807) is 6.33 Å². The third-order valence-electron chi connectivity index (χ3n) is 6.35. The van der Waals surface area contributed by atoms with Crippen molar-refractivity contribution in [1.82, 2.24) is 15.3 Å². The zero-order chi connectivity index (χ0) is 24.2. The number of dihydropyridines is 1. The van der Waals surface area contributed by atoms with Gasteiger partial charge in [0.2, 0.25) is 0 Å². The van der Waals surface area contributed by atoms with E-state index in [1.165, 1.54) is 0 Å². The standard InChI is InChI=1S/C28H33N5O2/c1-4-5-12-33-16-19(2)17-34-27-15-24-23(14-25(27)33)28(31-18-30-24)32-21-6-7-26(20(3)13-21)35-22-8-10-29-11-9-22/h6-10,13-15,18-19,29H,4-5,11-12,16-17H2,1-3H3,(H,30,31,32). The second-order valence-corrected chi connectivity index (χ2v) is 9.33. The molecule has 0 saturated heterocycles. The fourth-order valence-corrected chi connectivity index (χ4v) is 4.47. The summed E-state index contributed by atoms with van der Waals surface area (Å²) in [5.74, 6) is 3.83. The van der Waals surface area contributed by atoms with E-state index in [1.807, 2.05) is 37.4 Å². The molecule has 7 nitrogen and oxygen atoms in total. The van der Waals surface area contributed by atoms with E-state index in [0.717, 1.165) is 83.4 Å². The molecule has 0 bridgehead atoms.